The molecule has 5 nitrogen and oxygen atoms in total. The van der Waals surface area contributed by atoms with Gasteiger partial charge in [0.2, 0.25) is 0 Å². The van der Waals surface area contributed by atoms with E-state index in [1.54, 1.807) is 0 Å². The van der Waals surface area contributed by atoms with Crippen LogP contribution in [-0.2, 0) is 16.0 Å². The molecule has 0 radical (unpaired) electrons. The molecule has 0 saturated carbocycles. The van der Waals surface area contributed by atoms with E-state index in [0.717, 1.165) is 53.7 Å². The molecule has 1 N–H and O–H groups in total. The number of ether oxygens (including phenoxy) is 2. The molecule has 3 rings (SSSR count). The van der Waals surface area contributed by atoms with Gasteiger partial charge in [-0.05, 0) is 73.1 Å². The van der Waals surface area contributed by atoms with Crippen molar-refractivity contribution in [3.8, 4) is 17.1 Å². The van der Waals surface area contributed by atoms with Crippen LogP contribution in [0.1, 0.15) is 99.0 Å². The maximum atomic E-state index is 12.8. The number of fused-ring (bicyclic) bond motifs is 1. The van der Waals surface area contributed by atoms with E-state index in [1.807, 2.05) is 18.2 Å². The molecule has 0 aliphatic heterocycles. The summed E-state index contributed by atoms with van der Waals surface area (Å²) in [5, 5.41) is 11.4. The average molecular weight is 565 g/mol. The third-order valence-corrected chi connectivity index (χ3v) is 7.56. The molecule has 2 atom stereocenters. The van der Waals surface area contributed by atoms with Crippen LogP contribution in [0.5, 0.6) is 5.75 Å². The third kappa shape index (κ3) is 10.8. The summed E-state index contributed by atoms with van der Waals surface area (Å²) in [6, 6.07) is 16.7. The number of unbranched alkanes of at least 4 members (excludes halogenated alkanes) is 3. The minimum atomic E-state index is -0.669. The number of aryl methyl sites for hydroxylation is 1. The minimum Gasteiger partial charge on any atom is -0.493 e. The molecule has 0 amide bonds. The molecule has 0 aliphatic rings. The molecule has 2 aromatic carbocycles. The topological polar surface area (TPSA) is 68.9 Å². The lowest BCUT2D eigenvalue weighted by Crippen LogP contribution is -2.35. The van der Waals surface area contributed by atoms with Gasteiger partial charge in [-0.15, -0.1) is 0 Å². The normalized spacial score (nSPS) is 13.8. The summed E-state index contributed by atoms with van der Waals surface area (Å²) in [6.07, 6.45) is 7.08. The van der Waals surface area contributed by atoms with Crippen LogP contribution in [0.15, 0.2) is 52.9 Å². The van der Waals surface area contributed by atoms with Crippen molar-refractivity contribution in [1.82, 2.24) is 0 Å². The monoisotopic (exact) mass is 564 g/mol. The molecular formula is C36H52O5. The van der Waals surface area contributed by atoms with E-state index in [0.29, 0.717) is 13.0 Å². The molecule has 5 heteroatoms. The number of furan rings is 1. The quantitative estimate of drug-likeness (QED) is 0.147. The average Bonchev–Trinajstić information content (AvgIpc) is 3.33. The standard InChI is InChI=1S/C36H52O5/c1-8-9-10-13-26-15-17-27(18-16-26)32-22-28-19-20-30(23-33(28)41-32)39-21-12-11-14-29(37)25-40-34(38)31(36(5,6)7)24-35(2,3)4/h15-20,22-23,29,31,37H,8-14,21,24-25H2,1-7H3. The number of rotatable bonds is 15. The Morgan fingerprint density at radius 2 is 1.66 bits per heavy atom. The van der Waals surface area contributed by atoms with Gasteiger partial charge in [-0.2, -0.15) is 0 Å². The fraction of sp³-hybridized carbons (Fsp3) is 0.583. The Labute approximate surface area is 247 Å². The number of hydrogen-bond acceptors (Lipinski definition) is 5. The van der Waals surface area contributed by atoms with Crippen molar-refractivity contribution in [3.05, 3.63) is 54.1 Å². The summed E-state index contributed by atoms with van der Waals surface area (Å²) in [4.78, 5) is 12.8. The van der Waals surface area contributed by atoms with Gasteiger partial charge in [-0.3, -0.25) is 4.79 Å². The highest BCUT2D eigenvalue weighted by Gasteiger charge is 2.36. The first-order chi connectivity index (χ1) is 19.4. The number of aliphatic hydroxyl groups is 1. The zero-order valence-corrected chi connectivity index (χ0v) is 26.4. The molecule has 1 heterocycles. The first-order valence-electron chi connectivity index (χ1n) is 15.5. The van der Waals surface area contributed by atoms with Crippen LogP contribution in [-0.4, -0.2) is 30.4 Å². The Hall–Kier alpha value is -2.79. The number of carbonyl (C=O) groups is 1. The molecule has 0 bridgehead atoms. The van der Waals surface area contributed by atoms with Crippen molar-refractivity contribution in [2.75, 3.05) is 13.2 Å². The molecule has 41 heavy (non-hydrogen) atoms. The van der Waals surface area contributed by atoms with E-state index in [1.165, 1.54) is 24.8 Å². The lowest BCUT2D eigenvalue weighted by Gasteiger charge is -2.34. The molecule has 0 spiro atoms. The van der Waals surface area contributed by atoms with Crippen LogP contribution < -0.4 is 4.74 Å². The highest BCUT2D eigenvalue weighted by atomic mass is 16.5. The van der Waals surface area contributed by atoms with Crippen LogP contribution in [0.2, 0.25) is 0 Å². The van der Waals surface area contributed by atoms with Gasteiger partial charge in [0.1, 0.15) is 23.7 Å². The Bertz CT molecular complexity index is 1210. The molecular weight excluding hydrogens is 512 g/mol. The van der Waals surface area contributed by atoms with Gasteiger partial charge in [0.15, 0.2) is 0 Å². The predicted octanol–water partition coefficient (Wildman–Crippen LogP) is 9.38. The van der Waals surface area contributed by atoms with Crippen LogP contribution in [0.4, 0.5) is 0 Å². The summed E-state index contributed by atoms with van der Waals surface area (Å²) >= 11 is 0. The van der Waals surface area contributed by atoms with Crippen LogP contribution >= 0.6 is 0 Å². The maximum Gasteiger partial charge on any atom is 0.309 e. The summed E-state index contributed by atoms with van der Waals surface area (Å²) in [6.45, 7) is 15.4. The zero-order valence-electron chi connectivity index (χ0n) is 26.4. The first-order valence-corrected chi connectivity index (χ1v) is 15.5. The highest BCUT2D eigenvalue weighted by molar-refractivity contribution is 5.84. The maximum absolute atomic E-state index is 12.8. The lowest BCUT2D eigenvalue weighted by atomic mass is 9.72. The molecule has 0 fully saturated rings. The van der Waals surface area contributed by atoms with E-state index in [-0.39, 0.29) is 29.3 Å². The molecule has 0 saturated heterocycles. The highest BCUT2D eigenvalue weighted by Crippen LogP contribution is 2.37. The van der Waals surface area contributed by atoms with Crippen molar-refractivity contribution >= 4 is 16.9 Å². The van der Waals surface area contributed by atoms with E-state index >= 15 is 0 Å². The van der Waals surface area contributed by atoms with Crippen LogP contribution in [0.25, 0.3) is 22.3 Å². The van der Waals surface area contributed by atoms with Crippen molar-refractivity contribution < 1.29 is 23.8 Å². The molecule has 1 aromatic heterocycles. The number of esters is 1. The van der Waals surface area contributed by atoms with Crippen molar-refractivity contribution in [1.29, 1.82) is 0 Å². The van der Waals surface area contributed by atoms with E-state index in [2.05, 4.69) is 78.8 Å². The fourth-order valence-electron chi connectivity index (χ4n) is 5.05. The summed E-state index contributed by atoms with van der Waals surface area (Å²) < 4.78 is 17.6. The summed E-state index contributed by atoms with van der Waals surface area (Å²) in [5.41, 5.74) is 3.09. The zero-order chi connectivity index (χ0) is 30.0. The Morgan fingerprint density at radius 3 is 2.32 bits per heavy atom. The van der Waals surface area contributed by atoms with Gasteiger partial charge < -0.3 is 19.0 Å². The minimum absolute atomic E-state index is 0.0268. The Morgan fingerprint density at radius 1 is 0.927 bits per heavy atom. The van der Waals surface area contributed by atoms with Crippen molar-refractivity contribution in [2.24, 2.45) is 16.7 Å². The van der Waals surface area contributed by atoms with E-state index < -0.39 is 6.10 Å². The predicted molar refractivity (Wildman–Crippen MR) is 168 cm³/mol. The smallest absolute Gasteiger partial charge is 0.309 e. The molecule has 0 aliphatic carbocycles. The van der Waals surface area contributed by atoms with Gasteiger partial charge in [-0.1, -0.05) is 85.6 Å². The number of benzene rings is 2. The van der Waals surface area contributed by atoms with E-state index in [9.17, 15) is 9.90 Å². The van der Waals surface area contributed by atoms with Crippen LogP contribution in [0, 0.1) is 16.7 Å². The SMILES string of the molecule is CCCCCc1ccc(-c2cc3ccc(OCCCCC(O)COC(=O)C(CC(C)(C)C)C(C)(C)C)cc3o2)cc1. The van der Waals surface area contributed by atoms with Crippen molar-refractivity contribution in [3.63, 3.8) is 0 Å². The second-order valence-corrected chi connectivity index (χ2v) is 13.8. The molecule has 3 aromatic rings. The van der Waals surface area contributed by atoms with Crippen molar-refractivity contribution in [2.45, 2.75) is 106 Å². The van der Waals surface area contributed by atoms with Gasteiger partial charge in [0.05, 0.1) is 18.6 Å². The molecule has 226 valence electrons. The fourth-order valence-corrected chi connectivity index (χ4v) is 5.05. The first kappa shape index (κ1) is 32.7. The van der Waals surface area contributed by atoms with Gasteiger partial charge in [0, 0.05) is 17.0 Å². The van der Waals surface area contributed by atoms with Crippen LogP contribution in [0.3, 0.4) is 0 Å². The van der Waals surface area contributed by atoms with Gasteiger partial charge in [-0.25, -0.2) is 0 Å². The second-order valence-electron chi connectivity index (χ2n) is 13.8. The Balaban J connectivity index is 1.41. The number of aliphatic hydroxyl groups excluding tert-OH is 1. The number of hydrogen-bond donors (Lipinski definition) is 1. The summed E-state index contributed by atoms with van der Waals surface area (Å²) in [5.74, 6) is 1.21. The summed E-state index contributed by atoms with van der Waals surface area (Å²) in [7, 11) is 0. The largest absolute Gasteiger partial charge is 0.493 e. The molecule has 2 unspecified atom stereocenters. The lowest BCUT2D eigenvalue weighted by molar-refractivity contribution is -0.157. The third-order valence-electron chi connectivity index (χ3n) is 7.56. The second kappa shape index (κ2) is 14.9. The number of carbonyl (C=O) groups excluding carboxylic acids is 1. The van der Waals surface area contributed by atoms with E-state index in [4.69, 9.17) is 13.9 Å². The van der Waals surface area contributed by atoms with Gasteiger partial charge in [0.25, 0.3) is 0 Å². The van der Waals surface area contributed by atoms with Gasteiger partial charge >= 0.3 is 5.97 Å². The Kier molecular flexibility index (Phi) is 11.9.